The molecule has 0 saturated carbocycles. The number of hydrogen-bond donors (Lipinski definition) is 1. The van der Waals surface area contributed by atoms with Crippen molar-refractivity contribution in [3.05, 3.63) is 106 Å². The van der Waals surface area contributed by atoms with E-state index in [-0.39, 0.29) is 17.7 Å². The zero-order chi connectivity index (χ0) is 26.5. The van der Waals surface area contributed by atoms with Crippen molar-refractivity contribution in [1.29, 1.82) is 0 Å². The highest BCUT2D eigenvalue weighted by Gasteiger charge is 2.45. The first-order valence-electron chi connectivity index (χ1n) is 11.1. The van der Waals surface area contributed by atoms with E-state index in [0.29, 0.717) is 11.3 Å². The highest BCUT2D eigenvalue weighted by atomic mass is 16.6. The Bertz CT molecular complexity index is 1390. The van der Waals surface area contributed by atoms with Crippen molar-refractivity contribution < 1.29 is 24.1 Å². The molecule has 1 saturated heterocycles. The van der Waals surface area contributed by atoms with Gasteiger partial charge in [-0.3, -0.25) is 39.7 Å². The number of imide groups is 1. The molecule has 2 aromatic carbocycles. The van der Waals surface area contributed by atoms with Gasteiger partial charge in [-0.15, -0.1) is 0 Å². The van der Waals surface area contributed by atoms with E-state index in [9.17, 15) is 29.3 Å². The number of nitrogens with zero attached hydrogens (tertiary/aromatic N) is 4. The van der Waals surface area contributed by atoms with Gasteiger partial charge in [-0.2, -0.15) is 0 Å². The third kappa shape index (κ3) is 5.56. The molecular weight excluding hydrogens is 478 g/mol. The van der Waals surface area contributed by atoms with Crippen molar-refractivity contribution in [2.24, 2.45) is 0 Å². The molecule has 1 aromatic heterocycles. The molecule has 1 aliphatic rings. The van der Waals surface area contributed by atoms with Crippen LogP contribution in [0.2, 0.25) is 0 Å². The molecular formula is C26H21N5O6. The van der Waals surface area contributed by atoms with Crippen molar-refractivity contribution in [2.45, 2.75) is 19.4 Å². The minimum atomic E-state index is -1.29. The Morgan fingerprint density at radius 3 is 2.43 bits per heavy atom. The topological polar surface area (TPSA) is 143 Å². The molecule has 4 amide bonds. The zero-order valence-electron chi connectivity index (χ0n) is 19.6. The van der Waals surface area contributed by atoms with Crippen LogP contribution in [0.25, 0.3) is 6.08 Å². The lowest BCUT2D eigenvalue weighted by atomic mass is 10.2. The van der Waals surface area contributed by atoms with E-state index in [1.165, 1.54) is 48.8 Å². The number of aromatic nitrogens is 1. The van der Waals surface area contributed by atoms with Crippen LogP contribution in [0, 0.1) is 17.0 Å². The number of nitrogens with one attached hydrogen (secondary N) is 1. The van der Waals surface area contributed by atoms with Crippen LogP contribution in [0.1, 0.15) is 27.9 Å². The number of hydrogen-bond acceptors (Lipinski definition) is 7. The van der Waals surface area contributed by atoms with E-state index in [2.05, 4.69) is 10.4 Å². The van der Waals surface area contributed by atoms with Gasteiger partial charge in [0.15, 0.2) is 0 Å². The van der Waals surface area contributed by atoms with Crippen molar-refractivity contribution in [3.63, 3.8) is 0 Å². The van der Waals surface area contributed by atoms with Crippen LogP contribution in [0.4, 0.5) is 11.4 Å². The van der Waals surface area contributed by atoms with Crippen molar-refractivity contribution in [3.8, 4) is 0 Å². The minimum absolute atomic E-state index is 0.111. The molecule has 2 heterocycles. The number of hydrazine groups is 1. The Kier molecular flexibility index (Phi) is 7.14. The predicted molar refractivity (Wildman–Crippen MR) is 133 cm³/mol. The van der Waals surface area contributed by atoms with Crippen LogP contribution in [0.3, 0.4) is 0 Å². The summed E-state index contributed by atoms with van der Waals surface area (Å²) in [6.45, 7) is 1.87. The molecule has 3 aromatic rings. The van der Waals surface area contributed by atoms with Crippen molar-refractivity contribution >= 4 is 41.1 Å². The van der Waals surface area contributed by atoms with Crippen LogP contribution in [-0.2, 0) is 14.4 Å². The largest absolute Gasteiger partial charge is 0.274 e. The Balaban J connectivity index is 1.61. The molecule has 1 aliphatic heterocycles. The predicted octanol–water partition coefficient (Wildman–Crippen LogP) is 2.82. The maximum Gasteiger partial charge on any atom is 0.271 e. The van der Waals surface area contributed by atoms with Gasteiger partial charge in [0.25, 0.3) is 23.4 Å². The molecule has 1 N–H and O–H groups in total. The molecule has 4 rings (SSSR count). The van der Waals surface area contributed by atoms with Gasteiger partial charge in [0, 0.05) is 30.6 Å². The second-order valence-corrected chi connectivity index (χ2v) is 8.20. The number of aryl methyl sites for hydroxylation is 1. The van der Waals surface area contributed by atoms with Crippen molar-refractivity contribution in [1.82, 2.24) is 15.4 Å². The van der Waals surface area contributed by atoms with Gasteiger partial charge in [0.05, 0.1) is 22.6 Å². The number of rotatable bonds is 6. The van der Waals surface area contributed by atoms with Crippen LogP contribution in [0.5, 0.6) is 0 Å². The summed E-state index contributed by atoms with van der Waals surface area (Å²) < 4.78 is 0. The maximum absolute atomic E-state index is 13.3. The molecule has 1 fully saturated rings. The SMILES string of the molecule is Cc1ccc(N2C(=O)CC(N(NC(=O)c3cccnc3)C(=O)C=Cc3ccc([N+](=O)[O-])cc3)C2=O)cc1. The van der Waals surface area contributed by atoms with E-state index in [1.54, 1.807) is 30.3 Å². The van der Waals surface area contributed by atoms with Gasteiger partial charge in [-0.05, 0) is 55.0 Å². The Labute approximate surface area is 211 Å². The van der Waals surface area contributed by atoms with Crippen LogP contribution in [-0.4, -0.2) is 44.6 Å². The molecule has 0 bridgehead atoms. The number of pyridine rings is 1. The van der Waals surface area contributed by atoms with E-state index < -0.39 is 34.6 Å². The second-order valence-electron chi connectivity index (χ2n) is 8.20. The van der Waals surface area contributed by atoms with Gasteiger partial charge >= 0.3 is 0 Å². The van der Waals surface area contributed by atoms with E-state index >= 15 is 0 Å². The molecule has 0 spiro atoms. The summed E-state index contributed by atoms with van der Waals surface area (Å²) >= 11 is 0. The summed E-state index contributed by atoms with van der Waals surface area (Å²) in [6, 6.07) is 14.0. The molecule has 0 aliphatic carbocycles. The van der Waals surface area contributed by atoms with Crippen LogP contribution < -0.4 is 10.3 Å². The first-order valence-corrected chi connectivity index (χ1v) is 11.1. The Morgan fingerprint density at radius 2 is 1.81 bits per heavy atom. The van der Waals surface area contributed by atoms with E-state index in [1.807, 2.05) is 6.92 Å². The van der Waals surface area contributed by atoms with E-state index in [4.69, 9.17) is 0 Å². The average Bonchev–Trinajstić information content (AvgIpc) is 3.20. The maximum atomic E-state index is 13.3. The lowest BCUT2D eigenvalue weighted by Gasteiger charge is -2.26. The standard InChI is InChI=1S/C26H21N5O6/c1-17-4-9-20(10-5-17)29-24(33)15-22(26(29)35)30(28-25(34)19-3-2-14-27-16-19)23(32)13-8-18-6-11-21(12-7-18)31(36)37/h2-14,16,22H,15H2,1H3,(H,28,34). The molecule has 1 atom stereocenters. The van der Waals surface area contributed by atoms with Crippen LogP contribution >= 0.6 is 0 Å². The number of benzene rings is 2. The third-order valence-corrected chi connectivity index (χ3v) is 5.63. The number of amides is 4. The fraction of sp³-hybridized carbons (Fsp3) is 0.115. The third-order valence-electron chi connectivity index (χ3n) is 5.63. The number of carbonyl (C=O) groups is 4. The lowest BCUT2D eigenvalue weighted by Crippen LogP contribution is -2.54. The van der Waals surface area contributed by atoms with Gasteiger partial charge < -0.3 is 0 Å². The van der Waals surface area contributed by atoms with Gasteiger partial charge in [0.2, 0.25) is 5.91 Å². The number of nitro benzene ring substituents is 1. The highest BCUT2D eigenvalue weighted by Crippen LogP contribution is 2.26. The number of carbonyl (C=O) groups excluding carboxylic acids is 4. The summed E-state index contributed by atoms with van der Waals surface area (Å²) in [7, 11) is 0. The zero-order valence-corrected chi connectivity index (χ0v) is 19.6. The fourth-order valence-electron chi connectivity index (χ4n) is 3.70. The Hall–Kier alpha value is -5.19. The smallest absolute Gasteiger partial charge is 0.271 e. The molecule has 11 heteroatoms. The summed E-state index contributed by atoms with van der Waals surface area (Å²) in [4.78, 5) is 67.3. The summed E-state index contributed by atoms with van der Waals surface area (Å²) in [5.74, 6) is -2.66. The van der Waals surface area contributed by atoms with Gasteiger partial charge in [0.1, 0.15) is 6.04 Å². The number of non-ortho nitro benzene ring substituents is 1. The second kappa shape index (κ2) is 10.6. The molecule has 186 valence electrons. The van der Waals surface area contributed by atoms with Crippen LogP contribution in [0.15, 0.2) is 79.1 Å². The summed E-state index contributed by atoms with van der Waals surface area (Å²) in [6.07, 6.45) is 4.93. The molecule has 37 heavy (non-hydrogen) atoms. The van der Waals surface area contributed by atoms with Gasteiger partial charge in [-0.1, -0.05) is 17.7 Å². The first kappa shape index (κ1) is 24.9. The lowest BCUT2D eigenvalue weighted by molar-refractivity contribution is -0.384. The normalized spacial score (nSPS) is 15.2. The highest BCUT2D eigenvalue weighted by molar-refractivity contribution is 6.23. The fourth-order valence-corrected chi connectivity index (χ4v) is 3.70. The monoisotopic (exact) mass is 499 g/mol. The summed E-state index contributed by atoms with van der Waals surface area (Å²) in [5.41, 5.74) is 4.24. The molecule has 0 radical (unpaired) electrons. The first-order chi connectivity index (χ1) is 17.7. The minimum Gasteiger partial charge on any atom is -0.274 e. The Morgan fingerprint density at radius 1 is 1.11 bits per heavy atom. The summed E-state index contributed by atoms with van der Waals surface area (Å²) in [5, 5.41) is 11.7. The van der Waals surface area contributed by atoms with E-state index in [0.717, 1.165) is 21.5 Å². The molecule has 1 unspecified atom stereocenters. The van der Waals surface area contributed by atoms with Crippen molar-refractivity contribution in [2.75, 3.05) is 4.90 Å². The quantitative estimate of drug-likeness (QED) is 0.238. The molecule has 11 nitrogen and oxygen atoms in total. The van der Waals surface area contributed by atoms with Gasteiger partial charge in [-0.25, -0.2) is 9.91 Å². The number of nitro groups is 1. The number of anilines is 1. The average molecular weight is 499 g/mol.